The van der Waals surface area contributed by atoms with Crippen molar-refractivity contribution >= 4 is 22.6 Å². The van der Waals surface area contributed by atoms with E-state index in [1.807, 2.05) is 0 Å². The molecule has 24 heavy (non-hydrogen) atoms. The summed E-state index contributed by atoms with van der Waals surface area (Å²) in [6.45, 7) is 5.98. The third-order valence-corrected chi connectivity index (χ3v) is 4.91. The highest BCUT2D eigenvalue weighted by molar-refractivity contribution is 7.85. The molecule has 0 bridgehead atoms. The largest absolute Gasteiger partial charge is 0.444 e. The number of hydrogen-bond donors (Lipinski definition) is 0. The van der Waals surface area contributed by atoms with E-state index in [1.165, 1.54) is 12.1 Å². The number of amides is 1. The van der Waals surface area contributed by atoms with Crippen LogP contribution >= 0.6 is 0 Å². The Balaban J connectivity index is 2.02. The lowest BCUT2D eigenvalue weighted by molar-refractivity contribution is -0.385. The van der Waals surface area contributed by atoms with Gasteiger partial charge in [0.05, 0.1) is 21.5 Å². The molecule has 0 radical (unpaired) electrons. The van der Waals surface area contributed by atoms with Crippen LogP contribution in [0.5, 0.6) is 0 Å². The zero-order valence-corrected chi connectivity index (χ0v) is 14.7. The van der Waals surface area contributed by atoms with Crippen molar-refractivity contribution in [2.75, 3.05) is 12.3 Å². The van der Waals surface area contributed by atoms with E-state index in [-0.39, 0.29) is 22.5 Å². The van der Waals surface area contributed by atoms with E-state index in [0.29, 0.717) is 6.54 Å². The van der Waals surface area contributed by atoms with E-state index in [2.05, 4.69) is 4.98 Å². The Morgan fingerprint density at radius 3 is 2.75 bits per heavy atom. The van der Waals surface area contributed by atoms with Crippen molar-refractivity contribution in [3.05, 3.63) is 28.4 Å². The van der Waals surface area contributed by atoms with Crippen LogP contribution in [0.15, 0.2) is 23.4 Å². The maximum absolute atomic E-state index is 12.4. The lowest BCUT2D eigenvalue weighted by Gasteiger charge is -2.28. The third kappa shape index (κ3) is 4.73. The number of aromatic nitrogens is 1. The zero-order valence-electron chi connectivity index (χ0n) is 13.9. The molecule has 1 amide bonds. The molecular formula is C15H21N3O5S. The molecule has 2 atom stereocenters. The Hall–Kier alpha value is -2.03. The molecule has 0 aromatic carbocycles. The molecule has 1 aromatic rings. The van der Waals surface area contributed by atoms with Crippen LogP contribution in [0.3, 0.4) is 0 Å². The van der Waals surface area contributed by atoms with Gasteiger partial charge in [-0.3, -0.25) is 14.3 Å². The number of nitro groups is 1. The van der Waals surface area contributed by atoms with E-state index in [9.17, 15) is 19.1 Å². The monoisotopic (exact) mass is 355 g/mol. The van der Waals surface area contributed by atoms with E-state index in [1.54, 1.807) is 25.7 Å². The van der Waals surface area contributed by atoms with Gasteiger partial charge in [-0.1, -0.05) is 0 Å². The lowest BCUT2D eigenvalue weighted by Crippen LogP contribution is -2.42. The summed E-state index contributed by atoms with van der Waals surface area (Å²) in [6.07, 6.45) is 2.26. The van der Waals surface area contributed by atoms with Crippen molar-refractivity contribution in [2.45, 2.75) is 50.3 Å². The van der Waals surface area contributed by atoms with Gasteiger partial charge in [-0.15, -0.1) is 0 Å². The van der Waals surface area contributed by atoms with Crippen LogP contribution in [-0.4, -0.2) is 49.0 Å². The fourth-order valence-corrected chi connectivity index (χ4v) is 3.70. The number of carbonyl (C=O) groups excluding carboxylic acids is 1. The molecule has 1 saturated heterocycles. The maximum atomic E-state index is 12.4. The van der Waals surface area contributed by atoms with Crippen LogP contribution in [0.4, 0.5) is 10.5 Å². The minimum absolute atomic E-state index is 0.146. The number of pyridine rings is 1. The average molecular weight is 355 g/mol. The summed E-state index contributed by atoms with van der Waals surface area (Å²) in [6, 6.07) is 2.49. The molecular weight excluding hydrogens is 334 g/mol. The summed E-state index contributed by atoms with van der Waals surface area (Å²) in [5.74, 6) is 0.240. The van der Waals surface area contributed by atoms with Crippen molar-refractivity contribution in [1.82, 2.24) is 9.88 Å². The first-order chi connectivity index (χ1) is 11.2. The molecule has 0 saturated carbocycles. The van der Waals surface area contributed by atoms with Gasteiger partial charge in [-0.25, -0.2) is 9.78 Å². The summed E-state index contributed by atoms with van der Waals surface area (Å²) in [7, 11) is -1.44. The van der Waals surface area contributed by atoms with Gasteiger partial charge >= 0.3 is 6.09 Å². The van der Waals surface area contributed by atoms with Crippen LogP contribution in [0, 0.1) is 10.1 Å². The number of nitrogens with zero attached hydrogens (tertiary/aromatic N) is 3. The quantitative estimate of drug-likeness (QED) is 0.607. The van der Waals surface area contributed by atoms with Crippen LogP contribution in [0.25, 0.3) is 0 Å². The molecule has 0 aliphatic carbocycles. The van der Waals surface area contributed by atoms with E-state index in [4.69, 9.17) is 4.74 Å². The highest BCUT2D eigenvalue weighted by atomic mass is 32.2. The molecule has 0 N–H and O–H groups in total. The van der Waals surface area contributed by atoms with E-state index >= 15 is 0 Å². The standard InChI is InChI=1S/C15H21N3O5S/c1-15(2,3)23-14(19)17-8-4-5-12(17)10-24(22)13-7-6-11(9-16-13)18(20)21/h6-7,9,12H,4-5,8,10H2,1-3H3/t12-,24+/m0/s1. The fraction of sp³-hybridized carbons (Fsp3) is 0.600. The van der Waals surface area contributed by atoms with E-state index in [0.717, 1.165) is 19.0 Å². The molecule has 132 valence electrons. The van der Waals surface area contributed by atoms with Gasteiger partial charge in [-0.2, -0.15) is 0 Å². The van der Waals surface area contributed by atoms with Gasteiger partial charge in [0, 0.05) is 18.7 Å². The summed E-state index contributed by atoms with van der Waals surface area (Å²) in [5.41, 5.74) is -0.726. The Morgan fingerprint density at radius 2 is 2.21 bits per heavy atom. The van der Waals surface area contributed by atoms with Gasteiger partial charge in [0.1, 0.15) is 16.8 Å². The summed E-state index contributed by atoms with van der Waals surface area (Å²) < 4.78 is 17.8. The van der Waals surface area contributed by atoms with Crippen molar-refractivity contribution < 1.29 is 18.7 Å². The highest BCUT2D eigenvalue weighted by Crippen LogP contribution is 2.23. The van der Waals surface area contributed by atoms with Crippen LogP contribution in [0.1, 0.15) is 33.6 Å². The first-order valence-electron chi connectivity index (χ1n) is 7.66. The molecule has 2 heterocycles. The second-order valence-electron chi connectivity index (χ2n) is 6.59. The average Bonchev–Trinajstić information content (AvgIpc) is 2.93. The minimum atomic E-state index is -1.44. The second-order valence-corrected chi connectivity index (χ2v) is 8.04. The van der Waals surface area contributed by atoms with Gasteiger partial charge in [0.2, 0.25) is 0 Å². The Kier molecular flexibility index (Phi) is 5.53. The Morgan fingerprint density at radius 1 is 1.50 bits per heavy atom. The highest BCUT2D eigenvalue weighted by Gasteiger charge is 2.33. The molecule has 1 aliphatic rings. The number of ether oxygens (including phenoxy) is 1. The summed E-state index contributed by atoms with van der Waals surface area (Å²) in [4.78, 5) is 27.8. The molecule has 1 aromatic heterocycles. The molecule has 1 fully saturated rings. The minimum Gasteiger partial charge on any atom is -0.444 e. The van der Waals surface area contributed by atoms with Crippen molar-refractivity contribution in [3.63, 3.8) is 0 Å². The van der Waals surface area contributed by atoms with Gasteiger partial charge < -0.3 is 9.64 Å². The SMILES string of the molecule is CC(C)(C)OC(=O)N1CCC[C@H]1C[S@@](=O)c1ccc([N+](=O)[O-])cn1. The van der Waals surface area contributed by atoms with Crippen LogP contribution < -0.4 is 0 Å². The predicted molar refractivity (Wildman–Crippen MR) is 88.1 cm³/mol. The van der Waals surface area contributed by atoms with Crippen molar-refractivity contribution in [1.29, 1.82) is 0 Å². The Bertz CT molecular complexity index is 642. The van der Waals surface area contributed by atoms with Crippen molar-refractivity contribution in [3.8, 4) is 0 Å². The van der Waals surface area contributed by atoms with Crippen molar-refractivity contribution in [2.24, 2.45) is 0 Å². The molecule has 9 heteroatoms. The second kappa shape index (κ2) is 7.25. The first kappa shape index (κ1) is 18.3. The molecule has 1 aliphatic heterocycles. The number of likely N-dealkylation sites (tertiary alicyclic amines) is 1. The van der Waals surface area contributed by atoms with Crippen LogP contribution in [0.2, 0.25) is 0 Å². The molecule has 8 nitrogen and oxygen atoms in total. The number of carbonyl (C=O) groups is 1. The predicted octanol–water partition coefficient (Wildman–Crippen LogP) is 2.50. The number of hydrogen-bond acceptors (Lipinski definition) is 6. The van der Waals surface area contributed by atoms with Gasteiger partial charge in [0.15, 0.2) is 0 Å². The van der Waals surface area contributed by atoms with E-state index < -0.39 is 27.4 Å². The smallest absolute Gasteiger partial charge is 0.410 e. The molecule has 0 unspecified atom stereocenters. The maximum Gasteiger partial charge on any atom is 0.410 e. The van der Waals surface area contributed by atoms with Crippen LogP contribution in [-0.2, 0) is 15.5 Å². The van der Waals surface area contributed by atoms with Gasteiger partial charge in [-0.05, 0) is 39.7 Å². The zero-order chi connectivity index (χ0) is 17.9. The third-order valence-electron chi connectivity index (χ3n) is 3.51. The molecule has 0 spiro atoms. The summed E-state index contributed by atoms with van der Waals surface area (Å²) >= 11 is 0. The normalized spacial score (nSPS) is 19.1. The first-order valence-corrected chi connectivity index (χ1v) is 8.98. The summed E-state index contributed by atoms with van der Waals surface area (Å²) in [5, 5.41) is 10.9. The fourth-order valence-electron chi connectivity index (χ4n) is 2.45. The topological polar surface area (TPSA) is 103 Å². The molecule has 2 rings (SSSR count). The lowest BCUT2D eigenvalue weighted by atomic mass is 10.2. The van der Waals surface area contributed by atoms with Gasteiger partial charge in [0.25, 0.3) is 5.69 Å². The Labute approximate surface area is 142 Å². The number of rotatable bonds is 4.